The number of likely N-dealkylation sites (tertiary alicyclic amines) is 1. The lowest BCUT2D eigenvalue weighted by atomic mass is 9.92. The molecule has 124 valence electrons. The molecule has 0 aromatic carbocycles. The highest BCUT2D eigenvalue weighted by Gasteiger charge is 2.28. The van der Waals surface area contributed by atoms with Gasteiger partial charge < -0.3 is 14.6 Å². The van der Waals surface area contributed by atoms with Gasteiger partial charge in [0.05, 0.1) is 6.26 Å². The Balaban J connectivity index is 0.00000176. The summed E-state index contributed by atoms with van der Waals surface area (Å²) in [7, 11) is 0. The van der Waals surface area contributed by atoms with Crippen molar-refractivity contribution >= 4 is 29.9 Å². The molecule has 4 nitrogen and oxygen atoms in total. The molecule has 1 N–H and O–H groups in total. The minimum Gasteiger partial charge on any atom is -0.469 e. The maximum atomic E-state index is 5.39. The smallest absolute Gasteiger partial charge is 0.194 e. The van der Waals surface area contributed by atoms with E-state index in [1.54, 1.807) is 6.26 Å². The molecule has 2 aliphatic rings. The molecule has 1 aliphatic heterocycles. The molecule has 1 saturated heterocycles. The molecule has 0 bridgehead atoms. The molecule has 1 aromatic heterocycles. The number of aliphatic imine (C=N–C) groups is 1. The molecule has 22 heavy (non-hydrogen) atoms. The van der Waals surface area contributed by atoms with E-state index in [1.807, 2.05) is 12.1 Å². The topological polar surface area (TPSA) is 40.8 Å². The van der Waals surface area contributed by atoms with Crippen molar-refractivity contribution in [2.45, 2.75) is 45.6 Å². The van der Waals surface area contributed by atoms with Crippen LogP contribution in [0.2, 0.25) is 0 Å². The molecule has 5 heteroatoms. The Labute approximate surface area is 150 Å². The zero-order chi connectivity index (χ0) is 14.7. The summed E-state index contributed by atoms with van der Waals surface area (Å²) in [4.78, 5) is 7.30. The number of rotatable bonds is 4. The van der Waals surface area contributed by atoms with Crippen LogP contribution in [0.15, 0.2) is 27.8 Å². The van der Waals surface area contributed by atoms with Crippen LogP contribution in [0.3, 0.4) is 0 Å². The number of hydrogen-bond acceptors (Lipinski definition) is 2. The second-order valence-electron chi connectivity index (χ2n) is 6.80. The highest BCUT2D eigenvalue weighted by molar-refractivity contribution is 14.0. The van der Waals surface area contributed by atoms with Crippen molar-refractivity contribution < 1.29 is 4.42 Å². The van der Waals surface area contributed by atoms with Gasteiger partial charge in [-0.25, -0.2) is 0 Å². The Morgan fingerprint density at radius 3 is 2.64 bits per heavy atom. The molecule has 1 aromatic rings. The fourth-order valence-corrected chi connectivity index (χ4v) is 3.21. The van der Waals surface area contributed by atoms with Gasteiger partial charge in [-0.1, -0.05) is 13.8 Å². The van der Waals surface area contributed by atoms with Gasteiger partial charge in [0.1, 0.15) is 5.76 Å². The third-order valence-electron chi connectivity index (χ3n) is 4.28. The van der Waals surface area contributed by atoms with Crippen LogP contribution in [0.4, 0.5) is 0 Å². The lowest BCUT2D eigenvalue weighted by Gasteiger charge is -2.37. The van der Waals surface area contributed by atoms with Gasteiger partial charge in [-0.2, -0.15) is 0 Å². The third-order valence-corrected chi connectivity index (χ3v) is 4.28. The van der Waals surface area contributed by atoms with E-state index in [2.05, 4.69) is 24.1 Å². The van der Waals surface area contributed by atoms with E-state index in [0.717, 1.165) is 49.6 Å². The Bertz CT molecular complexity index is 460. The summed E-state index contributed by atoms with van der Waals surface area (Å²) < 4.78 is 5.39. The van der Waals surface area contributed by atoms with E-state index in [1.165, 1.54) is 19.3 Å². The van der Waals surface area contributed by atoms with Crippen LogP contribution >= 0.6 is 24.0 Å². The monoisotopic (exact) mass is 417 g/mol. The molecule has 2 fully saturated rings. The van der Waals surface area contributed by atoms with Crippen molar-refractivity contribution in [3.8, 4) is 0 Å². The predicted octanol–water partition coefficient (Wildman–Crippen LogP) is 3.53. The number of furan rings is 1. The number of guanidine groups is 1. The second-order valence-corrected chi connectivity index (χ2v) is 6.80. The second kappa shape index (κ2) is 8.22. The van der Waals surface area contributed by atoms with Crippen molar-refractivity contribution in [2.75, 3.05) is 19.6 Å². The summed E-state index contributed by atoms with van der Waals surface area (Å²) in [5, 5.41) is 3.63. The summed E-state index contributed by atoms with van der Waals surface area (Å²) >= 11 is 0. The number of nitrogens with one attached hydrogen (secondary N) is 1. The molecular weight excluding hydrogens is 389 g/mol. The predicted molar refractivity (Wildman–Crippen MR) is 101 cm³/mol. The van der Waals surface area contributed by atoms with Crippen LogP contribution in [0.25, 0.3) is 0 Å². The Hall–Kier alpha value is -0.720. The molecule has 1 aliphatic carbocycles. The first-order valence-electron chi connectivity index (χ1n) is 8.29. The van der Waals surface area contributed by atoms with Gasteiger partial charge in [0, 0.05) is 32.1 Å². The van der Waals surface area contributed by atoms with Crippen LogP contribution in [0.1, 0.15) is 38.9 Å². The largest absolute Gasteiger partial charge is 0.469 e. The van der Waals surface area contributed by atoms with Crippen LogP contribution < -0.4 is 5.32 Å². The average Bonchev–Trinajstić information content (AvgIpc) is 3.10. The van der Waals surface area contributed by atoms with E-state index < -0.39 is 0 Å². The summed E-state index contributed by atoms with van der Waals surface area (Å²) in [5.41, 5.74) is 0. The first-order valence-corrected chi connectivity index (χ1v) is 8.29. The molecule has 2 atom stereocenters. The van der Waals surface area contributed by atoms with Crippen molar-refractivity contribution in [2.24, 2.45) is 16.8 Å². The van der Waals surface area contributed by atoms with Crippen molar-refractivity contribution in [3.05, 3.63) is 24.2 Å². The zero-order valence-electron chi connectivity index (χ0n) is 13.6. The Kier molecular flexibility index (Phi) is 6.59. The highest BCUT2D eigenvalue weighted by Crippen LogP contribution is 2.23. The number of halogens is 1. The molecule has 0 amide bonds. The van der Waals surface area contributed by atoms with Crippen LogP contribution in [-0.2, 0) is 6.42 Å². The minimum atomic E-state index is 0. The van der Waals surface area contributed by atoms with Crippen molar-refractivity contribution in [1.29, 1.82) is 0 Å². The Morgan fingerprint density at radius 1 is 1.32 bits per heavy atom. The summed E-state index contributed by atoms with van der Waals surface area (Å²) in [6.45, 7) is 7.75. The number of piperidine rings is 1. The average molecular weight is 417 g/mol. The fraction of sp³-hybridized carbons (Fsp3) is 0.706. The molecule has 2 heterocycles. The number of hydrogen-bond donors (Lipinski definition) is 1. The summed E-state index contributed by atoms with van der Waals surface area (Å²) in [6.07, 6.45) is 6.52. The molecule has 0 spiro atoms. The third kappa shape index (κ3) is 5.18. The molecule has 1 saturated carbocycles. The van der Waals surface area contributed by atoms with E-state index >= 15 is 0 Å². The Morgan fingerprint density at radius 2 is 2.05 bits per heavy atom. The van der Waals surface area contributed by atoms with Gasteiger partial charge in [-0.3, -0.25) is 4.99 Å². The minimum absolute atomic E-state index is 0. The van der Waals surface area contributed by atoms with E-state index in [-0.39, 0.29) is 24.0 Å². The van der Waals surface area contributed by atoms with E-state index in [9.17, 15) is 0 Å². The maximum absolute atomic E-state index is 5.39. The lowest BCUT2D eigenvalue weighted by Crippen LogP contribution is -2.49. The van der Waals surface area contributed by atoms with Crippen molar-refractivity contribution in [3.63, 3.8) is 0 Å². The molecule has 3 rings (SSSR count). The molecule has 2 unspecified atom stereocenters. The maximum Gasteiger partial charge on any atom is 0.194 e. The molecular formula is C17H28IN3O. The molecule has 0 radical (unpaired) electrons. The van der Waals surface area contributed by atoms with Gasteiger partial charge in [-0.15, -0.1) is 24.0 Å². The van der Waals surface area contributed by atoms with Gasteiger partial charge >= 0.3 is 0 Å². The SMILES string of the molecule is CC1CC(C)CN(C(=NCCc2ccco2)NC2CC2)C1.I. The zero-order valence-corrected chi connectivity index (χ0v) is 16.0. The van der Waals surface area contributed by atoms with Crippen molar-refractivity contribution in [1.82, 2.24) is 10.2 Å². The van der Waals surface area contributed by atoms with E-state index in [4.69, 9.17) is 9.41 Å². The summed E-state index contributed by atoms with van der Waals surface area (Å²) in [6, 6.07) is 4.62. The standard InChI is InChI=1S/C17H27N3O.HI/c1-13-10-14(2)12-20(11-13)17(19-15-5-6-15)18-8-7-16-4-3-9-21-16;/h3-4,9,13-15H,5-8,10-12H2,1-2H3,(H,18,19);1H. The lowest BCUT2D eigenvalue weighted by molar-refractivity contribution is 0.208. The number of nitrogens with zero attached hydrogens (tertiary/aromatic N) is 2. The van der Waals surface area contributed by atoms with Gasteiger partial charge in [0.2, 0.25) is 0 Å². The van der Waals surface area contributed by atoms with Crippen LogP contribution in [-0.4, -0.2) is 36.5 Å². The first-order chi connectivity index (χ1) is 10.2. The normalized spacial score (nSPS) is 25.7. The van der Waals surface area contributed by atoms with Gasteiger partial charge in [-0.05, 0) is 43.2 Å². The highest BCUT2D eigenvalue weighted by atomic mass is 127. The van der Waals surface area contributed by atoms with Gasteiger partial charge in [0.25, 0.3) is 0 Å². The summed E-state index contributed by atoms with van der Waals surface area (Å²) in [5.74, 6) is 3.64. The van der Waals surface area contributed by atoms with Crippen LogP contribution in [0.5, 0.6) is 0 Å². The quantitative estimate of drug-likeness (QED) is 0.463. The first kappa shape index (κ1) is 17.6. The van der Waals surface area contributed by atoms with Crippen LogP contribution in [0, 0.1) is 11.8 Å². The van der Waals surface area contributed by atoms with E-state index in [0.29, 0.717) is 6.04 Å². The fourth-order valence-electron chi connectivity index (χ4n) is 3.21. The van der Waals surface area contributed by atoms with Gasteiger partial charge in [0.15, 0.2) is 5.96 Å².